The molecule has 1 heterocycles. The van der Waals surface area contributed by atoms with Gasteiger partial charge < -0.3 is 15.0 Å². The van der Waals surface area contributed by atoms with Crippen LogP contribution in [-0.4, -0.2) is 66.7 Å². The van der Waals surface area contributed by atoms with E-state index in [0.717, 1.165) is 13.1 Å². The van der Waals surface area contributed by atoms with Crippen molar-refractivity contribution in [2.75, 3.05) is 32.8 Å². The molecule has 1 fully saturated rings. The van der Waals surface area contributed by atoms with Crippen molar-refractivity contribution >= 4 is 12.0 Å². The molecule has 1 unspecified atom stereocenters. The van der Waals surface area contributed by atoms with Crippen LogP contribution in [0.15, 0.2) is 0 Å². The van der Waals surface area contributed by atoms with Crippen molar-refractivity contribution in [1.82, 2.24) is 15.1 Å². The number of alkyl carbamates (subject to hydrolysis) is 1. The number of amides is 2. The number of carbonyl (C=O) groups is 2. The summed E-state index contributed by atoms with van der Waals surface area (Å²) in [7, 11) is 0. The zero-order valence-corrected chi connectivity index (χ0v) is 13.9. The Kier molecular flexibility index (Phi) is 6.95. The molecule has 0 bridgehead atoms. The van der Waals surface area contributed by atoms with Crippen LogP contribution >= 0.6 is 0 Å². The van der Waals surface area contributed by atoms with Gasteiger partial charge in [0.05, 0.1) is 6.61 Å². The van der Waals surface area contributed by atoms with Crippen LogP contribution < -0.4 is 5.32 Å². The molecule has 1 atom stereocenters. The molecule has 0 aliphatic carbocycles. The van der Waals surface area contributed by atoms with E-state index in [0.29, 0.717) is 25.7 Å². The van der Waals surface area contributed by atoms with Crippen LogP contribution in [0.5, 0.6) is 0 Å². The van der Waals surface area contributed by atoms with E-state index < -0.39 is 12.1 Å². The highest BCUT2D eigenvalue weighted by Gasteiger charge is 2.31. The number of hydrogen-bond acceptors (Lipinski definition) is 4. The van der Waals surface area contributed by atoms with Gasteiger partial charge in [0.25, 0.3) is 0 Å². The normalized spacial score (nSPS) is 18.0. The van der Waals surface area contributed by atoms with Crippen LogP contribution in [-0.2, 0) is 9.53 Å². The lowest BCUT2D eigenvalue weighted by molar-refractivity contribution is -0.136. The fourth-order valence-electron chi connectivity index (χ4n) is 2.47. The summed E-state index contributed by atoms with van der Waals surface area (Å²) in [6, 6.07) is -0.0181. The smallest absolute Gasteiger partial charge is 0.407 e. The summed E-state index contributed by atoms with van der Waals surface area (Å²) >= 11 is 0. The second kappa shape index (κ2) is 8.22. The van der Waals surface area contributed by atoms with E-state index in [9.17, 15) is 9.59 Å². The van der Waals surface area contributed by atoms with Crippen LogP contribution in [0.3, 0.4) is 0 Å². The number of nitrogens with one attached hydrogen (secondary N) is 1. The lowest BCUT2D eigenvalue weighted by Gasteiger charge is -2.38. The third-order valence-electron chi connectivity index (χ3n) is 3.84. The number of carbonyl (C=O) groups excluding carboxylic acids is 2. The van der Waals surface area contributed by atoms with Crippen molar-refractivity contribution in [3.05, 3.63) is 0 Å². The van der Waals surface area contributed by atoms with E-state index in [1.165, 1.54) is 0 Å². The van der Waals surface area contributed by atoms with Gasteiger partial charge in [-0.1, -0.05) is 13.8 Å². The van der Waals surface area contributed by atoms with Gasteiger partial charge in [0.1, 0.15) is 6.04 Å². The third-order valence-corrected chi connectivity index (χ3v) is 3.84. The van der Waals surface area contributed by atoms with Gasteiger partial charge >= 0.3 is 6.09 Å². The standard InChI is InChI=1S/C15H29N3O3/c1-6-21-15(20)16-13(11(2)3)14(19)18-9-7-17(8-10-18)12(4)5/h11-13H,6-10H2,1-5H3,(H,16,20). The monoisotopic (exact) mass is 299 g/mol. The summed E-state index contributed by atoms with van der Waals surface area (Å²) in [5.41, 5.74) is 0. The summed E-state index contributed by atoms with van der Waals surface area (Å²) in [6.07, 6.45) is -0.523. The fourth-order valence-corrected chi connectivity index (χ4v) is 2.47. The maximum atomic E-state index is 12.6. The minimum atomic E-state index is -0.523. The molecule has 0 saturated carbocycles. The van der Waals surface area contributed by atoms with Gasteiger partial charge in [-0.3, -0.25) is 9.69 Å². The Hall–Kier alpha value is -1.30. The van der Waals surface area contributed by atoms with Gasteiger partial charge in [-0.15, -0.1) is 0 Å². The minimum absolute atomic E-state index is 0.0125. The van der Waals surface area contributed by atoms with E-state index in [4.69, 9.17) is 4.74 Å². The molecule has 1 saturated heterocycles. The topological polar surface area (TPSA) is 61.9 Å². The number of piperazine rings is 1. The van der Waals surface area contributed by atoms with Crippen LogP contribution in [0, 0.1) is 5.92 Å². The minimum Gasteiger partial charge on any atom is -0.450 e. The van der Waals surface area contributed by atoms with Crippen molar-refractivity contribution in [1.29, 1.82) is 0 Å². The molecular weight excluding hydrogens is 270 g/mol. The van der Waals surface area contributed by atoms with Crippen LogP contribution in [0.25, 0.3) is 0 Å². The Labute approximate surface area is 127 Å². The fraction of sp³-hybridized carbons (Fsp3) is 0.867. The second-order valence-electron chi connectivity index (χ2n) is 6.04. The highest BCUT2D eigenvalue weighted by Crippen LogP contribution is 2.11. The lowest BCUT2D eigenvalue weighted by atomic mass is 10.0. The van der Waals surface area contributed by atoms with Crippen molar-refractivity contribution in [2.45, 2.75) is 46.7 Å². The summed E-state index contributed by atoms with van der Waals surface area (Å²) in [5, 5.41) is 2.68. The molecule has 0 radical (unpaired) electrons. The molecule has 0 aromatic heterocycles. The summed E-state index contributed by atoms with van der Waals surface area (Å²) in [4.78, 5) is 28.4. The van der Waals surface area contributed by atoms with Gasteiger partial charge in [0.2, 0.25) is 5.91 Å². The number of hydrogen-bond donors (Lipinski definition) is 1. The van der Waals surface area contributed by atoms with E-state index >= 15 is 0 Å². The van der Waals surface area contributed by atoms with Crippen LogP contribution in [0.2, 0.25) is 0 Å². The Balaban J connectivity index is 2.59. The Morgan fingerprint density at radius 1 is 1.10 bits per heavy atom. The molecule has 2 amide bonds. The lowest BCUT2D eigenvalue weighted by Crippen LogP contribution is -2.57. The van der Waals surface area contributed by atoms with E-state index in [1.807, 2.05) is 18.7 Å². The Morgan fingerprint density at radius 3 is 2.10 bits per heavy atom. The van der Waals surface area contributed by atoms with Gasteiger partial charge in [-0.25, -0.2) is 4.79 Å². The average molecular weight is 299 g/mol. The molecule has 21 heavy (non-hydrogen) atoms. The van der Waals surface area contributed by atoms with Crippen molar-refractivity contribution in [2.24, 2.45) is 5.92 Å². The van der Waals surface area contributed by atoms with Crippen molar-refractivity contribution in [3.8, 4) is 0 Å². The van der Waals surface area contributed by atoms with E-state index in [2.05, 4.69) is 24.1 Å². The highest BCUT2D eigenvalue weighted by atomic mass is 16.5. The largest absolute Gasteiger partial charge is 0.450 e. The summed E-state index contributed by atoms with van der Waals surface area (Å²) < 4.78 is 4.88. The molecule has 1 aliphatic rings. The molecular formula is C15H29N3O3. The SMILES string of the molecule is CCOC(=O)NC(C(=O)N1CCN(C(C)C)CC1)C(C)C. The first-order valence-electron chi connectivity index (χ1n) is 7.82. The van der Waals surface area contributed by atoms with Gasteiger partial charge in [-0.2, -0.15) is 0 Å². The Morgan fingerprint density at radius 2 is 1.67 bits per heavy atom. The molecule has 6 heteroatoms. The van der Waals surface area contributed by atoms with Crippen molar-refractivity contribution < 1.29 is 14.3 Å². The Bertz CT molecular complexity index is 350. The maximum Gasteiger partial charge on any atom is 0.407 e. The maximum absolute atomic E-state index is 12.6. The van der Waals surface area contributed by atoms with Gasteiger partial charge in [-0.05, 0) is 26.7 Å². The van der Waals surface area contributed by atoms with Gasteiger partial charge in [0, 0.05) is 32.2 Å². The molecule has 1 N–H and O–H groups in total. The first-order valence-corrected chi connectivity index (χ1v) is 7.82. The first kappa shape index (κ1) is 17.8. The summed E-state index contributed by atoms with van der Waals surface area (Å²) in [6.45, 7) is 13.4. The third kappa shape index (κ3) is 5.19. The average Bonchev–Trinajstić information content (AvgIpc) is 2.44. The number of nitrogens with zero attached hydrogens (tertiary/aromatic N) is 2. The first-order chi connectivity index (χ1) is 9.86. The zero-order valence-electron chi connectivity index (χ0n) is 13.9. The zero-order chi connectivity index (χ0) is 16.0. The van der Waals surface area contributed by atoms with Crippen molar-refractivity contribution in [3.63, 3.8) is 0 Å². The molecule has 0 aromatic rings. The molecule has 122 valence electrons. The second-order valence-corrected chi connectivity index (χ2v) is 6.04. The highest BCUT2D eigenvalue weighted by molar-refractivity contribution is 5.86. The van der Waals surface area contributed by atoms with Crippen LogP contribution in [0.1, 0.15) is 34.6 Å². The quantitative estimate of drug-likeness (QED) is 0.831. The molecule has 1 aliphatic heterocycles. The molecule has 6 nitrogen and oxygen atoms in total. The van der Waals surface area contributed by atoms with E-state index in [-0.39, 0.29) is 11.8 Å². The molecule has 1 rings (SSSR count). The van der Waals surface area contributed by atoms with E-state index in [1.54, 1.807) is 6.92 Å². The summed E-state index contributed by atoms with van der Waals surface area (Å²) in [5.74, 6) is 0.0199. The predicted molar refractivity (Wildman–Crippen MR) is 82.1 cm³/mol. The number of rotatable bonds is 5. The predicted octanol–water partition coefficient (Wildman–Crippen LogP) is 1.31. The van der Waals surface area contributed by atoms with Gasteiger partial charge in [0.15, 0.2) is 0 Å². The number of ether oxygens (including phenoxy) is 1. The molecule has 0 spiro atoms. The molecule has 0 aromatic carbocycles. The van der Waals surface area contributed by atoms with Crippen LogP contribution in [0.4, 0.5) is 4.79 Å².